The molecule has 7 heteroatoms. The first kappa shape index (κ1) is 15.8. The van der Waals surface area contributed by atoms with E-state index in [-0.39, 0.29) is 18.1 Å². The Morgan fingerprint density at radius 3 is 2.81 bits per heavy atom. The number of hydrogen-bond donors (Lipinski definition) is 1. The van der Waals surface area contributed by atoms with Crippen LogP contribution in [0.1, 0.15) is 22.6 Å². The van der Waals surface area contributed by atoms with Crippen LogP contribution in [0.3, 0.4) is 0 Å². The predicted molar refractivity (Wildman–Crippen MR) is 86.8 cm³/mol. The molecule has 2 aromatic carbocycles. The average Bonchev–Trinajstić information content (AvgIpc) is 3.21. The highest BCUT2D eigenvalue weighted by Gasteiger charge is 2.55. The van der Waals surface area contributed by atoms with Crippen LogP contribution in [0, 0.1) is 0 Å². The first-order valence-corrected chi connectivity index (χ1v) is 8.42. The molecule has 0 bridgehead atoms. The summed E-state index contributed by atoms with van der Waals surface area (Å²) in [6.07, 6.45) is -4.32. The normalized spacial score (nSPS) is 25.4. The highest BCUT2D eigenvalue weighted by molar-refractivity contribution is 5.55. The van der Waals surface area contributed by atoms with E-state index >= 15 is 0 Å². The molecule has 136 valence electrons. The predicted octanol–water partition coefficient (Wildman–Crippen LogP) is 3.45. The summed E-state index contributed by atoms with van der Waals surface area (Å²) in [4.78, 5) is 0. The van der Waals surface area contributed by atoms with Gasteiger partial charge in [-0.1, -0.05) is 6.07 Å². The summed E-state index contributed by atoms with van der Waals surface area (Å²) < 4.78 is 55.6. The smallest absolute Gasteiger partial charge is 0.416 e. The Labute approximate surface area is 147 Å². The molecule has 2 atom stereocenters. The van der Waals surface area contributed by atoms with Crippen molar-refractivity contribution in [3.63, 3.8) is 0 Å². The molecule has 2 aliphatic heterocycles. The fraction of sp³-hybridized carbons (Fsp3) is 0.368. The molecule has 2 aromatic rings. The van der Waals surface area contributed by atoms with E-state index in [4.69, 9.17) is 14.2 Å². The van der Waals surface area contributed by atoms with Crippen molar-refractivity contribution in [1.82, 2.24) is 5.32 Å². The monoisotopic (exact) mass is 363 g/mol. The van der Waals surface area contributed by atoms with E-state index in [1.54, 1.807) is 18.2 Å². The van der Waals surface area contributed by atoms with Gasteiger partial charge >= 0.3 is 6.18 Å². The first-order chi connectivity index (χ1) is 12.5. The molecule has 0 amide bonds. The standard InChI is InChI=1S/C19H16F3NO3/c20-19(21,22)11-1-3-14-13(5-11)15-7-23-8-18(14,15)9-24-12-2-4-16-17(6-12)26-10-25-16/h1-6,15,23H,7-10H2/t15-,18-/m1/s1. The van der Waals surface area contributed by atoms with Crippen molar-refractivity contribution in [3.05, 3.63) is 53.1 Å². The van der Waals surface area contributed by atoms with Crippen LogP contribution in [0.5, 0.6) is 17.2 Å². The Morgan fingerprint density at radius 2 is 1.96 bits per heavy atom. The van der Waals surface area contributed by atoms with E-state index in [1.165, 1.54) is 6.07 Å². The van der Waals surface area contributed by atoms with Gasteiger partial charge in [-0.2, -0.15) is 13.2 Å². The van der Waals surface area contributed by atoms with Crippen LogP contribution in [0.25, 0.3) is 0 Å². The molecule has 4 nitrogen and oxygen atoms in total. The second-order valence-electron chi connectivity index (χ2n) is 6.94. The van der Waals surface area contributed by atoms with Gasteiger partial charge in [0.1, 0.15) is 5.75 Å². The lowest BCUT2D eigenvalue weighted by atomic mass is 9.58. The van der Waals surface area contributed by atoms with E-state index in [9.17, 15) is 13.2 Å². The lowest BCUT2D eigenvalue weighted by Gasteiger charge is -2.46. The minimum atomic E-state index is -4.32. The summed E-state index contributed by atoms with van der Waals surface area (Å²) in [6.45, 7) is 1.96. The Hall–Kier alpha value is -2.41. The zero-order valence-corrected chi connectivity index (χ0v) is 13.7. The lowest BCUT2D eigenvalue weighted by molar-refractivity contribution is -0.137. The number of hydrogen-bond acceptors (Lipinski definition) is 4. The van der Waals surface area contributed by atoms with Gasteiger partial charge in [-0.3, -0.25) is 0 Å². The molecule has 5 rings (SSSR count). The molecule has 1 fully saturated rings. The number of rotatable bonds is 3. The third kappa shape index (κ3) is 2.19. The Morgan fingerprint density at radius 1 is 1.12 bits per heavy atom. The molecule has 0 saturated carbocycles. The topological polar surface area (TPSA) is 39.7 Å². The van der Waals surface area contributed by atoms with E-state index in [2.05, 4.69) is 5.32 Å². The van der Waals surface area contributed by atoms with E-state index in [0.29, 0.717) is 36.9 Å². The SMILES string of the molecule is FC(F)(F)c1ccc2c(c1)[C@H]1CNC[C@@]21COc1ccc2c(c1)OCO2. The Balaban J connectivity index is 1.40. The fourth-order valence-corrected chi connectivity index (χ4v) is 4.26. The second kappa shape index (κ2) is 5.30. The molecule has 1 aliphatic carbocycles. The van der Waals surface area contributed by atoms with Gasteiger partial charge in [-0.15, -0.1) is 0 Å². The molecule has 0 radical (unpaired) electrons. The molecule has 2 heterocycles. The molecule has 0 aromatic heterocycles. The zero-order valence-electron chi connectivity index (χ0n) is 13.7. The number of halogens is 3. The van der Waals surface area contributed by atoms with Crippen molar-refractivity contribution in [1.29, 1.82) is 0 Å². The van der Waals surface area contributed by atoms with Crippen molar-refractivity contribution in [3.8, 4) is 17.2 Å². The largest absolute Gasteiger partial charge is 0.492 e. The van der Waals surface area contributed by atoms with Gasteiger partial charge in [0.25, 0.3) is 0 Å². The molecule has 3 aliphatic rings. The molecule has 0 spiro atoms. The summed E-state index contributed by atoms with van der Waals surface area (Å²) in [7, 11) is 0. The maximum absolute atomic E-state index is 13.0. The molecular weight excluding hydrogens is 347 g/mol. The van der Waals surface area contributed by atoms with Crippen molar-refractivity contribution < 1.29 is 27.4 Å². The highest BCUT2D eigenvalue weighted by atomic mass is 19.4. The van der Waals surface area contributed by atoms with Crippen LogP contribution in [-0.2, 0) is 11.6 Å². The van der Waals surface area contributed by atoms with Crippen molar-refractivity contribution in [2.24, 2.45) is 0 Å². The van der Waals surface area contributed by atoms with Gasteiger partial charge in [0.15, 0.2) is 11.5 Å². The van der Waals surface area contributed by atoms with Crippen LogP contribution in [-0.4, -0.2) is 26.5 Å². The van der Waals surface area contributed by atoms with Crippen LogP contribution in [0.4, 0.5) is 13.2 Å². The van der Waals surface area contributed by atoms with Crippen LogP contribution < -0.4 is 19.5 Å². The molecule has 1 N–H and O–H groups in total. The van der Waals surface area contributed by atoms with Crippen LogP contribution in [0.15, 0.2) is 36.4 Å². The summed E-state index contributed by atoms with van der Waals surface area (Å²) >= 11 is 0. The molecule has 26 heavy (non-hydrogen) atoms. The number of alkyl halides is 3. The third-order valence-electron chi connectivity index (χ3n) is 5.59. The minimum absolute atomic E-state index is 0.0359. The van der Waals surface area contributed by atoms with Crippen LogP contribution >= 0.6 is 0 Å². The van der Waals surface area contributed by atoms with Gasteiger partial charge in [0.2, 0.25) is 6.79 Å². The number of nitrogens with one attached hydrogen (secondary N) is 1. The van der Waals surface area contributed by atoms with Gasteiger partial charge < -0.3 is 19.5 Å². The van der Waals surface area contributed by atoms with E-state index in [0.717, 1.165) is 17.2 Å². The van der Waals surface area contributed by atoms with Gasteiger partial charge in [-0.05, 0) is 35.4 Å². The first-order valence-electron chi connectivity index (χ1n) is 8.42. The average molecular weight is 363 g/mol. The van der Waals surface area contributed by atoms with Crippen LogP contribution in [0.2, 0.25) is 0 Å². The summed E-state index contributed by atoms with van der Waals surface area (Å²) in [6, 6.07) is 9.44. The summed E-state index contributed by atoms with van der Waals surface area (Å²) in [5.41, 5.74) is 0.851. The third-order valence-corrected chi connectivity index (χ3v) is 5.59. The molecular formula is C19H16F3NO3. The maximum atomic E-state index is 13.0. The molecule has 1 saturated heterocycles. The lowest BCUT2D eigenvalue weighted by Crippen LogP contribution is -2.48. The maximum Gasteiger partial charge on any atom is 0.416 e. The summed E-state index contributed by atoms with van der Waals surface area (Å²) in [5, 5.41) is 3.30. The quantitative estimate of drug-likeness (QED) is 0.907. The highest BCUT2D eigenvalue weighted by Crippen LogP contribution is 2.55. The Kier molecular flexibility index (Phi) is 3.22. The zero-order chi connectivity index (χ0) is 17.9. The van der Waals surface area contributed by atoms with E-state index in [1.807, 2.05) is 6.07 Å². The van der Waals surface area contributed by atoms with Crippen molar-refractivity contribution >= 4 is 0 Å². The van der Waals surface area contributed by atoms with Crippen molar-refractivity contribution in [2.75, 3.05) is 26.5 Å². The van der Waals surface area contributed by atoms with E-state index < -0.39 is 11.7 Å². The van der Waals surface area contributed by atoms with Gasteiger partial charge in [0, 0.05) is 25.1 Å². The van der Waals surface area contributed by atoms with Gasteiger partial charge in [0.05, 0.1) is 17.6 Å². The minimum Gasteiger partial charge on any atom is -0.492 e. The second-order valence-corrected chi connectivity index (χ2v) is 6.94. The van der Waals surface area contributed by atoms with Crippen molar-refractivity contribution in [2.45, 2.75) is 17.5 Å². The number of benzene rings is 2. The number of ether oxygens (including phenoxy) is 3. The fourth-order valence-electron chi connectivity index (χ4n) is 4.26. The van der Waals surface area contributed by atoms with Gasteiger partial charge in [-0.25, -0.2) is 0 Å². The Bertz CT molecular complexity index is 883. The summed E-state index contributed by atoms with van der Waals surface area (Å²) in [5.74, 6) is 2.03. The molecule has 0 unspecified atom stereocenters. The number of fused-ring (bicyclic) bond motifs is 5.